The van der Waals surface area contributed by atoms with Crippen molar-refractivity contribution in [2.24, 2.45) is 7.05 Å². The first-order chi connectivity index (χ1) is 17.2. The van der Waals surface area contributed by atoms with Crippen molar-refractivity contribution in [2.45, 2.75) is 17.7 Å². The number of methoxy groups -OCH3 is 1. The lowest BCUT2D eigenvalue weighted by Gasteiger charge is -2.17. The molecule has 1 saturated heterocycles. The summed E-state index contributed by atoms with van der Waals surface area (Å²) in [6.45, 7) is 0.544. The summed E-state index contributed by atoms with van der Waals surface area (Å²) in [5.74, 6) is -0.203. The van der Waals surface area contributed by atoms with Crippen molar-refractivity contribution in [2.75, 3.05) is 35.6 Å². The number of nitrogens with zero attached hydrogens (tertiary/aromatic N) is 6. The van der Waals surface area contributed by atoms with Crippen LogP contribution in [0, 0.1) is 5.82 Å². The first kappa shape index (κ1) is 23.5. The maximum Gasteiger partial charge on any atom is 0.265 e. The molecule has 14 heteroatoms. The van der Waals surface area contributed by atoms with E-state index in [9.17, 15) is 13.2 Å². The molecule has 4 heterocycles. The predicted octanol–water partition coefficient (Wildman–Crippen LogP) is 2.25. The van der Waals surface area contributed by atoms with Crippen LogP contribution < -0.4 is 19.7 Å². The number of fused-ring (bicyclic) bond motifs is 1. The molecule has 0 atom stereocenters. The molecule has 0 unspecified atom stereocenters. The second-order valence-corrected chi connectivity index (χ2v) is 9.86. The normalized spacial score (nSPS) is 14.0. The number of aryl methyl sites for hydroxylation is 1. The van der Waals surface area contributed by atoms with Crippen LogP contribution in [0.4, 0.5) is 21.7 Å². The van der Waals surface area contributed by atoms with Gasteiger partial charge in [0.1, 0.15) is 4.90 Å². The smallest absolute Gasteiger partial charge is 0.265 e. The molecular formula is C22H23FN8O4S. The fraction of sp³-hybridized carbons (Fsp3) is 0.273. The summed E-state index contributed by atoms with van der Waals surface area (Å²) in [5, 5.41) is 6.86. The molecular weight excluding hydrogens is 491 g/mol. The Morgan fingerprint density at radius 2 is 2.00 bits per heavy atom. The van der Waals surface area contributed by atoms with E-state index in [1.165, 1.54) is 42.5 Å². The van der Waals surface area contributed by atoms with Gasteiger partial charge in [-0.05, 0) is 18.6 Å². The summed E-state index contributed by atoms with van der Waals surface area (Å²) in [6, 6.07) is 2.68. The third-order valence-electron chi connectivity index (χ3n) is 5.85. The molecule has 1 fully saturated rings. The van der Waals surface area contributed by atoms with Crippen LogP contribution in [0.5, 0.6) is 5.75 Å². The van der Waals surface area contributed by atoms with E-state index in [2.05, 4.69) is 25.1 Å². The Morgan fingerprint density at radius 1 is 1.19 bits per heavy atom. The number of benzene rings is 1. The molecule has 0 radical (unpaired) electrons. The van der Waals surface area contributed by atoms with E-state index in [0.29, 0.717) is 41.5 Å². The minimum Gasteiger partial charge on any atom is -0.492 e. The van der Waals surface area contributed by atoms with Crippen LogP contribution in [0.2, 0.25) is 0 Å². The quantitative estimate of drug-likeness (QED) is 0.383. The number of hydrogen-bond acceptors (Lipinski definition) is 8. The number of hydrogen-bond donors (Lipinski definition) is 2. The van der Waals surface area contributed by atoms with E-state index in [-0.39, 0.29) is 22.2 Å². The fourth-order valence-corrected chi connectivity index (χ4v) is 5.18. The van der Waals surface area contributed by atoms with Crippen LogP contribution in [0.15, 0.2) is 41.8 Å². The van der Waals surface area contributed by atoms with Crippen LogP contribution in [-0.4, -0.2) is 59.2 Å². The number of imidazole rings is 1. The minimum atomic E-state index is -4.07. The van der Waals surface area contributed by atoms with Crippen molar-refractivity contribution in [3.63, 3.8) is 0 Å². The molecule has 0 spiro atoms. The van der Waals surface area contributed by atoms with E-state index < -0.39 is 15.8 Å². The SMILES string of the molecule is CNc1nc(N2CCCC2=O)cn2c(-c3cc(F)c(OC)c(NS(=O)(=O)c4cnn(C)c4)c3)cnc12. The van der Waals surface area contributed by atoms with Crippen LogP contribution in [-0.2, 0) is 21.9 Å². The molecule has 1 amide bonds. The molecule has 0 aliphatic carbocycles. The van der Waals surface area contributed by atoms with E-state index in [4.69, 9.17) is 4.74 Å². The molecule has 1 aliphatic rings. The number of anilines is 3. The van der Waals surface area contributed by atoms with Gasteiger partial charge in [-0.2, -0.15) is 5.10 Å². The third kappa shape index (κ3) is 3.98. The van der Waals surface area contributed by atoms with Crippen molar-refractivity contribution in [3.05, 3.63) is 42.7 Å². The van der Waals surface area contributed by atoms with Gasteiger partial charge < -0.3 is 10.1 Å². The number of rotatable bonds is 7. The first-order valence-electron chi connectivity index (χ1n) is 11.0. The summed E-state index contributed by atoms with van der Waals surface area (Å²) in [6.07, 6.45) is 6.86. The lowest BCUT2D eigenvalue weighted by atomic mass is 10.1. The van der Waals surface area contributed by atoms with E-state index >= 15 is 4.39 Å². The predicted molar refractivity (Wildman–Crippen MR) is 130 cm³/mol. The molecule has 0 saturated carbocycles. The molecule has 4 aromatic rings. The van der Waals surface area contributed by atoms with Gasteiger partial charge in [0.05, 0.1) is 37.1 Å². The standard InChI is InChI=1S/C22H23FN8O4S/c1-24-21-22-25-10-17(31(22)12-18(27-21)30-6-4-5-19(30)32)13-7-15(23)20(35-3)16(8-13)28-36(33,34)14-9-26-29(2)11-14/h7-12,28H,4-6H2,1-3H3,(H,24,27). The molecule has 12 nitrogen and oxygen atoms in total. The molecule has 5 rings (SSSR count). The molecule has 0 bridgehead atoms. The van der Waals surface area contributed by atoms with Crippen LogP contribution in [0.3, 0.4) is 0 Å². The van der Waals surface area contributed by atoms with Gasteiger partial charge in [0.15, 0.2) is 28.8 Å². The Hall–Kier alpha value is -4.20. The Labute approximate surface area is 205 Å². The van der Waals surface area contributed by atoms with Gasteiger partial charge >= 0.3 is 0 Å². The number of carbonyl (C=O) groups excluding carboxylic acids is 1. The van der Waals surface area contributed by atoms with E-state index in [1.807, 2.05) is 0 Å². The Balaban J connectivity index is 1.64. The molecule has 1 aliphatic heterocycles. The van der Waals surface area contributed by atoms with E-state index in [0.717, 1.165) is 6.42 Å². The Kier molecular flexibility index (Phi) is 5.74. The first-order valence-corrected chi connectivity index (χ1v) is 12.5. The highest BCUT2D eigenvalue weighted by atomic mass is 32.2. The third-order valence-corrected chi connectivity index (χ3v) is 7.17. The number of ether oxygens (including phenoxy) is 1. The van der Waals surface area contributed by atoms with Crippen molar-refractivity contribution in [1.29, 1.82) is 0 Å². The van der Waals surface area contributed by atoms with Gasteiger partial charge in [-0.1, -0.05) is 0 Å². The topological polar surface area (TPSA) is 136 Å². The fourth-order valence-electron chi connectivity index (χ4n) is 4.14. The van der Waals surface area contributed by atoms with Crippen molar-refractivity contribution in [1.82, 2.24) is 24.1 Å². The van der Waals surface area contributed by atoms with Crippen LogP contribution >= 0.6 is 0 Å². The zero-order valence-electron chi connectivity index (χ0n) is 19.7. The highest BCUT2D eigenvalue weighted by Crippen LogP contribution is 2.36. The zero-order chi connectivity index (χ0) is 25.6. The highest BCUT2D eigenvalue weighted by Gasteiger charge is 2.26. The number of amides is 1. The minimum absolute atomic E-state index is 0.0341. The number of nitrogens with one attached hydrogen (secondary N) is 2. The lowest BCUT2D eigenvalue weighted by Crippen LogP contribution is -2.25. The van der Waals surface area contributed by atoms with Crippen LogP contribution in [0.1, 0.15) is 12.8 Å². The molecule has 188 valence electrons. The summed E-state index contributed by atoms with van der Waals surface area (Å²) in [5.41, 5.74) is 1.15. The number of aromatic nitrogens is 5. The van der Waals surface area contributed by atoms with Gasteiger partial charge in [0.25, 0.3) is 10.0 Å². The monoisotopic (exact) mass is 514 g/mol. The molecule has 3 aromatic heterocycles. The average molecular weight is 515 g/mol. The second kappa shape index (κ2) is 8.78. The highest BCUT2D eigenvalue weighted by molar-refractivity contribution is 7.92. The average Bonchev–Trinajstić information content (AvgIpc) is 3.57. The molecule has 1 aromatic carbocycles. The Bertz CT molecular complexity index is 1600. The van der Waals surface area contributed by atoms with Crippen molar-refractivity contribution in [3.8, 4) is 17.0 Å². The zero-order valence-corrected chi connectivity index (χ0v) is 20.5. The Morgan fingerprint density at radius 3 is 2.64 bits per heavy atom. The van der Waals surface area contributed by atoms with Gasteiger partial charge in [-0.15, -0.1) is 0 Å². The van der Waals surface area contributed by atoms with Gasteiger partial charge in [0, 0.05) is 38.8 Å². The van der Waals surface area contributed by atoms with Crippen molar-refractivity contribution < 1.29 is 22.3 Å². The summed E-state index contributed by atoms with van der Waals surface area (Å²) in [4.78, 5) is 22.8. The number of halogens is 1. The molecule has 2 N–H and O–H groups in total. The van der Waals surface area contributed by atoms with Crippen molar-refractivity contribution >= 4 is 38.9 Å². The summed E-state index contributed by atoms with van der Waals surface area (Å²) < 4.78 is 51.5. The second-order valence-electron chi connectivity index (χ2n) is 8.18. The largest absolute Gasteiger partial charge is 0.492 e. The maximum absolute atomic E-state index is 15.1. The van der Waals surface area contributed by atoms with Crippen LogP contribution in [0.25, 0.3) is 16.9 Å². The summed E-state index contributed by atoms with van der Waals surface area (Å²) >= 11 is 0. The van der Waals surface area contributed by atoms with Gasteiger partial charge in [-0.25, -0.2) is 22.8 Å². The van der Waals surface area contributed by atoms with E-state index in [1.54, 1.807) is 29.6 Å². The summed E-state index contributed by atoms with van der Waals surface area (Å²) in [7, 11) is 0.449. The maximum atomic E-state index is 15.1. The van der Waals surface area contributed by atoms with Gasteiger partial charge in [-0.3, -0.25) is 23.5 Å². The lowest BCUT2D eigenvalue weighted by molar-refractivity contribution is -0.117. The number of carbonyl (C=O) groups is 1. The molecule has 36 heavy (non-hydrogen) atoms. The number of sulfonamides is 1. The van der Waals surface area contributed by atoms with Gasteiger partial charge in [0.2, 0.25) is 5.91 Å².